The average Bonchev–Trinajstić information content (AvgIpc) is 2.45. The van der Waals surface area contributed by atoms with E-state index >= 15 is 0 Å². The highest BCUT2D eigenvalue weighted by molar-refractivity contribution is 5.41. The van der Waals surface area contributed by atoms with Gasteiger partial charge in [-0.3, -0.25) is 0 Å². The summed E-state index contributed by atoms with van der Waals surface area (Å²) in [7, 11) is 1.79. The zero-order chi connectivity index (χ0) is 15.3. The van der Waals surface area contributed by atoms with Crippen LogP contribution in [0.15, 0.2) is 18.3 Å². The highest BCUT2D eigenvalue weighted by atomic mass is 16.5. The van der Waals surface area contributed by atoms with E-state index in [0.29, 0.717) is 5.92 Å². The zero-order valence-corrected chi connectivity index (χ0v) is 13.9. The summed E-state index contributed by atoms with van der Waals surface area (Å²) >= 11 is 0. The Morgan fingerprint density at radius 3 is 2.95 bits per heavy atom. The molecule has 4 nitrogen and oxygen atoms in total. The lowest BCUT2D eigenvalue weighted by atomic mass is 9.99. The van der Waals surface area contributed by atoms with Gasteiger partial charge in [0.25, 0.3) is 0 Å². The molecule has 0 radical (unpaired) electrons. The summed E-state index contributed by atoms with van der Waals surface area (Å²) in [4.78, 5) is 6.96. The summed E-state index contributed by atoms with van der Waals surface area (Å²) in [5.41, 5.74) is 1.43. The zero-order valence-electron chi connectivity index (χ0n) is 13.9. The highest BCUT2D eigenvalue weighted by Crippen LogP contribution is 2.22. The quantitative estimate of drug-likeness (QED) is 0.905. The summed E-state index contributed by atoms with van der Waals surface area (Å²) in [6.45, 7) is 10.5. The molecule has 0 bridgehead atoms. The monoisotopic (exact) mass is 291 g/mol. The second-order valence-corrected chi connectivity index (χ2v) is 7.04. The van der Waals surface area contributed by atoms with Crippen molar-refractivity contribution in [3.8, 4) is 0 Å². The summed E-state index contributed by atoms with van der Waals surface area (Å²) < 4.78 is 5.31. The minimum absolute atomic E-state index is 0.137. The van der Waals surface area contributed by atoms with Crippen LogP contribution in [0, 0.1) is 5.92 Å². The number of methoxy groups -OCH3 is 1. The van der Waals surface area contributed by atoms with Gasteiger partial charge < -0.3 is 15.0 Å². The van der Waals surface area contributed by atoms with Crippen molar-refractivity contribution in [2.75, 3.05) is 31.7 Å². The fraction of sp³-hybridized carbons (Fsp3) is 0.706. The minimum atomic E-state index is 0.137. The second-order valence-electron chi connectivity index (χ2n) is 7.04. The van der Waals surface area contributed by atoms with Crippen LogP contribution in [-0.2, 0) is 11.3 Å². The van der Waals surface area contributed by atoms with Gasteiger partial charge in [-0.05, 0) is 57.2 Å². The van der Waals surface area contributed by atoms with Gasteiger partial charge in [-0.15, -0.1) is 0 Å². The molecule has 0 aromatic carbocycles. The molecule has 1 saturated heterocycles. The van der Waals surface area contributed by atoms with Gasteiger partial charge in [0.05, 0.1) is 6.61 Å². The first-order chi connectivity index (χ1) is 9.98. The summed E-state index contributed by atoms with van der Waals surface area (Å²) in [6, 6.07) is 4.31. The van der Waals surface area contributed by atoms with Crippen LogP contribution < -0.4 is 10.2 Å². The Kier molecular flexibility index (Phi) is 5.59. The second kappa shape index (κ2) is 7.23. The molecular weight excluding hydrogens is 262 g/mol. The molecule has 1 unspecified atom stereocenters. The molecule has 2 heterocycles. The molecule has 2 rings (SSSR count). The van der Waals surface area contributed by atoms with Gasteiger partial charge in [-0.1, -0.05) is 0 Å². The molecule has 1 fully saturated rings. The number of piperidine rings is 1. The van der Waals surface area contributed by atoms with Gasteiger partial charge in [0.2, 0.25) is 0 Å². The Hall–Kier alpha value is -1.13. The highest BCUT2D eigenvalue weighted by Gasteiger charge is 2.21. The molecule has 0 spiro atoms. The van der Waals surface area contributed by atoms with E-state index in [0.717, 1.165) is 32.1 Å². The van der Waals surface area contributed by atoms with Crippen molar-refractivity contribution < 1.29 is 4.74 Å². The van der Waals surface area contributed by atoms with Crippen molar-refractivity contribution in [3.63, 3.8) is 0 Å². The number of rotatable bonds is 5. The van der Waals surface area contributed by atoms with E-state index < -0.39 is 0 Å². The molecule has 118 valence electrons. The molecule has 1 atom stereocenters. The topological polar surface area (TPSA) is 37.4 Å². The van der Waals surface area contributed by atoms with Crippen molar-refractivity contribution in [2.45, 2.75) is 45.7 Å². The Balaban J connectivity index is 1.99. The maximum atomic E-state index is 5.31. The van der Waals surface area contributed by atoms with E-state index in [9.17, 15) is 0 Å². The molecule has 4 heteroatoms. The molecule has 1 aromatic rings. The summed E-state index contributed by atoms with van der Waals surface area (Å²) in [5.74, 6) is 1.73. The maximum Gasteiger partial charge on any atom is 0.128 e. The number of nitrogens with one attached hydrogen (secondary N) is 1. The molecular formula is C17H29N3O. The third-order valence-electron chi connectivity index (χ3n) is 3.88. The van der Waals surface area contributed by atoms with Crippen LogP contribution >= 0.6 is 0 Å². The fourth-order valence-electron chi connectivity index (χ4n) is 2.76. The molecule has 1 N–H and O–H groups in total. The third kappa shape index (κ3) is 5.29. The molecule has 21 heavy (non-hydrogen) atoms. The Morgan fingerprint density at radius 1 is 1.43 bits per heavy atom. The Morgan fingerprint density at radius 2 is 2.24 bits per heavy atom. The Bertz CT molecular complexity index is 440. The van der Waals surface area contributed by atoms with Crippen molar-refractivity contribution in [1.82, 2.24) is 10.3 Å². The normalized spacial score (nSPS) is 19.8. The van der Waals surface area contributed by atoms with Gasteiger partial charge in [0.15, 0.2) is 0 Å². The first-order valence-corrected chi connectivity index (χ1v) is 7.92. The lowest BCUT2D eigenvalue weighted by Crippen LogP contribution is -2.38. The molecule has 1 aromatic heterocycles. The van der Waals surface area contributed by atoms with Crippen molar-refractivity contribution in [1.29, 1.82) is 0 Å². The van der Waals surface area contributed by atoms with Gasteiger partial charge >= 0.3 is 0 Å². The SMILES string of the molecule is COCC1CCCN(c2cc(CNC(C)(C)C)ccn2)C1. The summed E-state index contributed by atoms with van der Waals surface area (Å²) in [5, 5.41) is 3.53. The number of ether oxygens (including phenoxy) is 1. The predicted octanol–water partition coefficient (Wildman–Crippen LogP) is 2.83. The van der Waals surface area contributed by atoms with Gasteiger partial charge in [-0.2, -0.15) is 0 Å². The van der Waals surface area contributed by atoms with Crippen LogP contribution in [-0.4, -0.2) is 37.3 Å². The van der Waals surface area contributed by atoms with Gasteiger partial charge in [0, 0.05) is 38.5 Å². The molecule has 1 aliphatic rings. The van der Waals surface area contributed by atoms with E-state index in [1.54, 1.807) is 7.11 Å². The average molecular weight is 291 g/mol. The smallest absolute Gasteiger partial charge is 0.128 e. The number of nitrogens with zero attached hydrogens (tertiary/aromatic N) is 2. The molecule has 0 aliphatic carbocycles. The standard InChI is InChI=1S/C17H29N3O/c1-17(2,3)19-11-14-7-8-18-16(10-14)20-9-5-6-15(12-20)13-21-4/h7-8,10,15,19H,5-6,9,11-13H2,1-4H3. The number of anilines is 1. The third-order valence-corrected chi connectivity index (χ3v) is 3.88. The van der Waals surface area contributed by atoms with E-state index in [4.69, 9.17) is 4.74 Å². The minimum Gasteiger partial charge on any atom is -0.384 e. The van der Waals surface area contributed by atoms with Crippen molar-refractivity contribution in [2.24, 2.45) is 5.92 Å². The summed E-state index contributed by atoms with van der Waals surface area (Å²) in [6.07, 6.45) is 4.41. The van der Waals surface area contributed by atoms with Crippen LogP contribution in [0.5, 0.6) is 0 Å². The van der Waals surface area contributed by atoms with E-state index in [-0.39, 0.29) is 5.54 Å². The number of pyridine rings is 1. The van der Waals surface area contributed by atoms with Gasteiger partial charge in [-0.25, -0.2) is 4.98 Å². The number of hydrogen-bond donors (Lipinski definition) is 1. The molecule has 1 aliphatic heterocycles. The van der Waals surface area contributed by atoms with Crippen LogP contribution in [0.2, 0.25) is 0 Å². The lowest BCUT2D eigenvalue weighted by Gasteiger charge is -2.33. The largest absolute Gasteiger partial charge is 0.384 e. The van der Waals surface area contributed by atoms with Crippen LogP contribution in [0.4, 0.5) is 5.82 Å². The molecule has 0 saturated carbocycles. The lowest BCUT2D eigenvalue weighted by molar-refractivity contribution is 0.143. The van der Waals surface area contributed by atoms with Crippen molar-refractivity contribution >= 4 is 5.82 Å². The first kappa shape index (κ1) is 16.2. The van der Waals surface area contributed by atoms with Gasteiger partial charge in [0.1, 0.15) is 5.82 Å². The fourth-order valence-corrected chi connectivity index (χ4v) is 2.76. The Labute approximate surface area is 128 Å². The van der Waals surface area contributed by atoms with Crippen LogP contribution in [0.1, 0.15) is 39.2 Å². The van der Waals surface area contributed by atoms with Crippen LogP contribution in [0.25, 0.3) is 0 Å². The van der Waals surface area contributed by atoms with Crippen LogP contribution in [0.3, 0.4) is 0 Å². The predicted molar refractivity (Wildman–Crippen MR) is 87.6 cm³/mol. The van der Waals surface area contributed by atoms with E-state index in [1.807, 2.05) is 6.20 Å². The molecule has 0 amide bonds. The van der Waals surface area contributed by atoms with E-state index in [2.05, 4.69) is 48.1 Å². The van der Waals surface area contributed by atoms with Crippen molar-refractivity contribution in [3.05, 3.63) is 23.9 Å². The first-order valence-electron chi connectivity index (χ1n) is 7.92. The number of hydrogen-bond acceptors (Lipinski definition) is 4. The maximum absolute atomic E-state index is 5.31. The van der Waals surface area contributed by atoms with E-state index in [1.165, 1.54) is 18.4 Å². The number of aromatic nitrogens is 1.